The first-order chi connectivity index (χ1) is 17.7. The lowest BCUT2D eigenvalue weighted by Gasteiger charge is -2.31. The number of carboxylic acids is 1. The average molecular weight is 526 g/mol. The molecule has 206 valence electrons. The fraction of sp³-hybridized carbons (Fsp3) is 0.542. The number of ether oxygens (including phenoxy) is 3. The number of nitrogens with one attached hydrogen (secondary N) is 2. The van der Waals surface area contributed by atoms with Crippen LogP contribution in [0.4, 0.5) is 5.69 Å². The summed E-state index contributed by atoms with van der Waals surface area (Å²) in [5.41, 5.74) is 0.764. The molecule has 2 amide bonds. The molecule has 0 aliphatic carbocycles. The predicted molar refractivity (Wildman–Crippen MR) is 132 cm³/mol. The minimum absolute atomic E-state index is 0.0303. The number of carboxylic acid groups (broad SMARTS) is 1. The Bertz CT molecular complexity index is 937. The standard InChI is InChI=1S/C22H29N3O10.C2H6/c1-3-24-33-12-20(29)23-7-6-19(28)25-16-8-14(11-32-13(2)26)4-5-17(16)34-21-10-15(27)9-18(35-21)22(30)31;1-2/h3-5,8,15,18,21,27H,6-7,9-12H2,1-2H3,(H,23,29)(H,25,28)(H,30,31);1-2H3/b24-3+;. The van der Waals surface area contributed by atoms with E-state index in [1.165, 1.54) is 25.3 Å². The van der Waals surface area contributed by atoms with Gasteiger partial charge in [-0.2, -0.15) is 0 Å². The highest BCUT2D eigenvalue weighted by molar-refractivity contribution is 5.92. The number of benzene rings is 1. The molecule has 1 fully saturated rings. The summed E-state index contributed by atoms with van der Waals surface area (Å²) in [4.78, 5) is 51.2. The molecule has 37 heavy (non-hydrogen) atoms. The smallest absolute Gasteiger partial charge is 0.333 e. The minimum atomic E-state index is -1.24. The molecule has 4 N–H and O–H groups in total. The van der Waals surface area contributed by atoms with Gasteiger partial charge in [-0.15, -0.1) is 0 Å². The molecule has 2 rings (SSSR count). The van der Waals surface area contributed by atoms with E-state index in [1.54, 1.807) is 13.0 Å². The summed E-state index contributed by atoms with van der Waals surface area (Å²) in [5, 5.41) is 27.8. The Labute approximate surface area is 215 Å². The molecule has 1 heterocycles. The number of aliphatic carboxylic acids is 1. The number of hydrogen-bond acceptors (Lipinski definition) is 10. The zero-order valence-electron chi connectivity index (χ0n) is 21.4. The molecule has 1 saturated heterocycles. The lowest BCUT2D eigenvalue weighted by molar-refractivity contribution is -0.195. The number of aliphatic hydroxyl groups is 1. The molecule has 1 aromatic carbocycles. The number of rotatable bonds is 12. The number of carbonyl (C=O) groups is 4. The van der Waals surface area contributed by atoms with Crippen LogP contribution < -0.4 is 15.4 Å². The van der Waals surface area contributed by atoms with Crippen molar-refractivity contribution in [3.05, 3.63) is 23.8 Å². The Balaban J connectivity index is 0.00000334. The maximum Gasteiger partial charge on any atom is 0.333 e. The summed E-state index contributed by atoms with van der Waals surface area (Å²) in [5.74, 6) is -2.46. The Morgan fingerprint density at radius 2 is 1.92 bits per heavy atom. The first-order valence-electron chi connectivity index (χ1n) is 11.8. The third-order valence-corrected chi connectivity index (χ3v) is 4.61. The molecular formula is C24H35N3O10. The number of anilines is 1. The topological polar surface area (TPSA) is 182 Å². The van der Waals surface area contributed by atoms with Gasteiger partial charge in [-0.25, -0.2) is 4.79 Å². The van der Waals surface area contributed by atoms with E-state index in [-0.39, 0.29) is 50.5 Å². The van der Waals surface area contributed by atoms with E-state index in [9.17, 15) is 29.4 Å². The number of nitrogens with zero attached hydrogens (tertiary/aromatic N) is 1. The fourth-order valence-electron chi connectivity index (χ4n) is 3.04. The van der Waals surface area contributed by atoms with E-state index in [0.717, 1.165) is 0 Å². The third-order valence-electron chi connectivity index (χ3n) is 4.61. The van der Waals surface area contributed by atoms with Gasteiger partial charge in [0.25, 0.3) is 5.91 Å². The van der Waals surface area contributed by atoms with Gasteiger partial charge in [-0.1, -0.05) is 25.1 Å². The number of oxime groups is 1. The molecule has 3 atom stereocenters. The summed E-state index contributed by atoms with van der Waals surface area (Å²) in [6.07, 6.45) is -1.97. The molecule has 0 saturated carbocycles. The van der Waals surface area contributed by atoms with Crippen LogP contribution in [0, 0.1) is 0 Å². The third kappa shape index (κ3) is 12.2. The van der Waals surface area contributed by atoms with Crippen molar-refractivity contribution in [2.45, 2.75) is 72.1 Å². The van der Waals surface area contributed by atoms with Crippen LogP contribution in [0.15, 0.2) is 23.4 Å². The molecule has 3 unspecified atom stereocenters. The first-order valence-corrected chi connectivity index (χ1v) is 11.8. The Morgan fingerprint density at radius 3 is 2.57 bits per heavy atom. The SMILES string of the molecule is C/C=N/OCC(=O)NCCC(=O)Nc1cc(COC(C)=O)ccc1OC1CC(O)CC(C(=O)O)O1.CC. The molecule has 13 nitrogen and oxygen atoms in total. The van der Waals surface area contributed by atoms with Crippen LogP contribution in [0.25, 0.3) is 0 Å². The monoisotopic (exact) mass is 525 g/mol. The van der Waals surface area contributed by atoms with Crippen molar-refractivity contribution in [2.24, 2.45) is 5.16 Å². The van der Waals surface area contributed by atoms with Crippen molar-refractivity contribution < 1.29 is 48.4 Å². The van der Waals surface area contributed by atoms with Gasteiger partial charge in [-0.05, 0) is 24.6 Å². The normalized spacial score (nSPS) is 18.7. The van der Waals surface area contributed by atoms with E-state index in [1.807, 2.05) is 13.8 Å². The zero-order chi connectivity index (χ0) is 27.8. The highest BCUT2D eigenvalue weighted by Gasteiger charge is 2.34. The fourth-order valence-corrected chi connectivity index (χ4v) is 3.04. The molecular weight excluding hydrogens is 490 g/mol. The lowest BCUT2D eigenvalue weighted by Crippen LogP contribution is -2.42. The molecule has 1 aliphatic rings. The van der Waals surface area contributed by atoms with Gasteiger partial charge in [-0.3, -0.25) is 14.4 Å². The van der Waals surface area contributed by atoms with Crippen molar-refractivity contribution in [1.82, 2.24) is 5.32 Å². The second kappa shape index (κ2) is 16.9. The van der Waals surface area contributed by atoms with Gasteiger partial charge in [0, 0.05) is 38.9 Å². The highest BCUT2D eigenvalue weighted by Crippen LogP contribution is 2.30. The summed E-state index contributed by atoms with van der Waals surface area (Å²) >= 11 is 0. The number of aliphatic hydroxyl groups excluding tert-OH is 1. The van der Waals surface area contributed by atoms with Crippen molar-refractivity contribution in [3.63, 3.8) is 0 Å². The van der Waals surface area contributed by atoms with Crippen molar-refractivity contribution in [1.29, 1.82) is 0 Å². The molecule has 13 heteroatoms. The summed E-state index contributed by atoms with van der Waals surface area (Å²) in [7, 11) is 0. The van der Waals surface area contributed by atoms with Crippen molar-refractivity contribution in [3.8, 4) is 5.75 Å². The molecule has 1 aliphatic heterocycles. The maximum absolute atomic E-state index is 12.5. The molecule has 0 radical (unpaired) electrons. The molecule has 0 spiro atoms. The lowest BCUT2D eigenvalue weighted by atomic mass is 10.1. The quantitative estimate of drug-likeness (QED) is 0.178. The number of hydrogen-bond donors (Lipinski definition) is 4. The van der Waals surface area contributed by atoms with Crippen LogP contribution in [-0.4, -0.2) is 71.8 Å². The average Bonchev–Trinajstić information content (AvgIpc) is 2.85. The van der Waals surface area contributed by atoms with Gasteiger partial charge in [0.2, 0.25) is 12.2 Å². The minimum Gasteiger partial charge on any atom is -0.479 e. The van der Waals surface area contributed by atoms with Gasteiger partial charge in [0.1, 0.15) is 12.4 Å². The summed E-state index contributed by atoms with van der Waals surface area (Å²) in [6, 6.07) is 4.63. The number of carbonyl (C=O) groups excluding carboxylic acids is 3. The van der Waals surface area contributed by atoms with Crippen molar-refractivity contribution in [2.75, 3.05) is 18.5 Å². The predicted octanol–water partition coefficient (Wildman–Crippen LogP) is 1.57. The van der Waals surface area contributed by atoms with Crippen LogP contribution in [0.1, 0.15) is 52.5 Å². The Hall–Kier alpha value is -3.71. The zero-order valence-corrected chi connectivity index (χ0v) is 21.4. The second-order valence-electron chi connectivity index (χ2n) is 7.53. The van der Waals surface area contributed by atoms with Crippen LogP contribution in [0.3, 0.4) is 0 Å². The van der Waals surface area contributed by atoms with Gasteiger partial charge >= 0.3 is 11.9 Å². The van der Waals surface area contributed by atoms with Crippen LogP contribution in [0.2, 0.25) is 0 Å². The largest absolute Gasteiger partial charge is 0.479 e. The van der Waals surface area contributed by atoms with E-state index in [0.29, 0.717) is 5.56 Å². The van der Waals surface area contributed by atoms with Crippen LogP contribution >= 0.6 is 0 Å². The van der Waals surface area contributed by atoms with Crippen molar-refractivity contribution >= 4 is 35.7 Å². The number of esters is 1. The van der Waals surface area contributed by atoms with E-state index in [2.05, 4.69) is 15.8 Å². The van der Waals surface area contributed by atoms with Gasteiger partial charge in [0.05, 0.1) is 11.8 Å². The van der Waals surface area contributed by atoms with E-state index in [4.69, 9.17) is 19.0 Å². The second-order valence-corrected chi connectivity index (χ2v) is 7.53. The Morgan fingerprint density at radius 1 is 1.19 bits per heavy atom. The van der Waals surface area contributed by atoms with Gasteiger partial charge in [0.15, 0.2) is 12.7 Å². The Kier molecular flexibility index (Phi) is 14.3. The van der Waals surface area contributed by atoms with E-state index >= 15 is 0 Å². The van der Waals surface area contributed by atoms with E-state index < -0.39 is 42.3 Å². The molecule has 0 bridgehead atoms. The first kappa shape index (κ1) is 31.3. The molecule has 1 aromatic rings. The highest BCUT2D eigenvalue weighted by atomic mass is 16.7. The number of amides is 2. The van der Waals surface area contributed by atoms with Crippen LogP contribution in [0.5, 0.6) is 5.75 Å². The summed E-state index contributed by atoms with van der Waals surface area (Å²) < 4.78 is 16.1. The van der Waals surface area contributed by atoms with Gasteiger partial charge < -0.3 is 39.9 Å². The van der Waals surface area contributed by atoms with Crippen LogP contribution in [-0.2, 0) is 40.1 Å². The maximum atomic E-state index is 12.5. The summed E-state index contributed by atoms with van der Waals surface area (Å²) in [6.45, 7) is 6.60. The molecule has 0 aromatic heterocycles.